The molecule has 1 rings (SSSR count). The molecule has 0 bridgehead atoms. The SMILES string of the molecule is CCN(CC(C)C(=O)O)C(=O)NCC1CCC1. The molecule has 0 aromatic carbocycles. The van der Waals surface area contributed by atoms with E-state index in [-0.39, 0.29) is 12.6 Å². The molecule has 2 N–H and O–H groups in total. The molecule has 0 aromatic rings. The van der Waals surface area contributed by atoms with Gasteiger partial charge in [-0.15, -0.1) is 0 Å². The fourth-order valence-electron chi connectivity index (χ4n) is 1.80. The molecule has 0 radical (unpaired) electrons. The van der Waals surface area contributed by atoms with Crippen molar-refractivity contribution in [3.05, 3.63) is 0 Å². The number of aliphatic carboxylic acids is 1. The molecule has 1 saturated carbocycles. The number of amides is 2. The molecule has 1 aliphatic carbocycles. The summed E-state index contributed by atoms with van der Waals surface area (Å²) in [5, 5.41) is 11.7. The van der Waals surface area contributed by atoms with Crippen molar-refractivity contribution in [1.82, 2.24) is 10.2 Å². The van der Waals surface area contributed by atoms with Gasteiger partial charge in [0.2, 0.25) is 0 Å². The lowest BCUT2D eigenvalue weighted by atomic mass is 9.85. The second-order valence-corrected chi connectivity index (χ2v) is 4.76. The molecule has 5 nitrogen and oxygen atoms in total. The topological polar surface area (TPSA) is 69.6 Å². The van der Waals surface area contributed by atoms with Crippen LogP contribution in [0.1, 0.15) is 33.1 Å². The van der Waals surface area contributed by atoms with Crippen molar-refractivity contribution in [3.63, 3.8) is 0 Å². The van der Waals surface area contributed by atoms with Gasteiger partial charge in [0.1, 0.15) is 0 Å². The van der Waals surface area contributed by atoms with Crippen molar-refractivity contribution >= 4 is 12.0 Å². The van der Waals surface area contributed by atoms with Crippen LogP contribution < -0.4 is 5.32 Å². The van der Waals surface area contributed by atoms with E-state index >= 15 is 0 Å². The lowest BCUT2D eigenvalue weighted by Crippen LogP contribution is -2.45. The maximum Gasteiger partial charge on any atom is 0.317 e. The molecule has 0 spiro atoms. The summed E-state index contributed by atoms with van der Waals surface area (Å²) >= 11 is 0. The Bertz CT molecular complexity index is 277. The summed E-state index contributed by atoms with van der Waals surface area (Å²) in [6.45, 7) is 4.99. The number of hydrogen-bond acceptors (Lipinski definition) is 2. The standard InChI is InChI=1S/C12H22N2O3/c1-3-14(8-9(2)11(15)16)12(17)13-7-10-5-4-6-10/h9-10H,3-8H2,1-2H3,(H,13,17)(H,15,16). The molecule has 1 aliphatic rings. The van der Waals surface area contributed by atoms with Crippen LogP contribution in [0, 0.1) is 11.8 Å². The highest BCUT2D eigenvalue weighted by Gasteiger charge is 2.21. The van der Waals surface area contributed by atoms with Gasteiger partial charge >= 0.3 is 12.0 Å². The molecular formula is C12H22N2O3. The van der Waals surface area contributed by atoms with Crippen LogP contribution in [-0.4, -0.2) is 41.6 Å². The number of urea groups is 1. The van der Waals surface area contributed by atoms with Gasteiger partial charge in [0, 0.05) is 19.6 Å². The van der Waals surface area contributed by atoms with Gasteiger partial charge < -0.3 is 15.3 Å². The first kappa shape index (κ1) is 13.8. The van der Waals surface area contributed by atoms with Crippen molar-refractivity contribution in [2.45, 2.75) is 33.1 Å². The minimum absolute atomic E-state index is 0.146. The third kappa shape index (κ3) is 4.24. The van der Waals surface area contributed by atoms with Gasteiger partial charge in [0.05, 0.1) is 5.92 Å². The first-order chi connectivity index (χ1) is 8.04. The van der Waals surface area contributed by atoms with Gasteiger partial charge in [-0.25, -0.2) is 4.79 Å². The number of nitrogens with zero attached hydrogens (tertiary/aromatic N) is 1. The van der Waals surface area contributed by atoms with E-state index in [0.29, 0.717) is 12.5 Å². The molecule has 0 saturated heterocycles. The number of carbonyl (C=O) groups is 2. The van der Waals surface area contributed by atoms with E-state index in [1.807, 2.05) is 6.92 Å². The smallest absolute Gasteiger partial charge is 0.317 e. The van der Waals surface area contributed by atoms with Crippen molar-refractivity contribution in [1.29, 1.82) is 0 Å². The maximum absolute atomic E-state index is 11.8. The van der Waals surface area contributed by atoms with E-state index in [9.17, 15) is 9.59 Å². The summed E-state index contributed by atoms with van der Waals surface area (Å²) in [6.07, 6.45) is 3.64. The Morgan fingerprint density at radius 1 is 1.47 bits per heavy atom. The number of nitrogens with one attached hydrogen (secondary N) is 1. The van der Waals surface area contributed by atoms with E-state index in [1.54, 1.807) is 11.8 Å². The molecule has 1 atom stereocenters. The average Bonchev–Trinajstić information content (AvgIpc) is 2.22. The Morgan fingerprint density at radius 2 is 2.12 bits per heavy atom. The molecule has 0 heterocycles. The number of carbonyl (C=O) groups excluding carboxylic acids is 1. The number of carboxylic acids is 1. The van der Waals surface area contributed by atoms with Gasteiger partial charge in [-0.2, -0.15) is 0 Å². The summed E-state index contributed by atoms with van der Waals surface area (Å²) in [5.41, 5.74) is 0. The summed E-state index contributed by atoms with van der Waals surface area (Å²) in [7, 11) is 0. The number of rotatable bonds is 6. The highest BCUT2D eigenvalue weighted by Crippen LogP contribution is 2.25. The Morgan fingerprint density at radius 3 is 2.53 bits per heavy atom. The minimum Gasteiger partial charge on any atom is -0.481 e. The first-order valence-electron chi connectivity index (χ1n) is 6.30. The second-order valence-electron chi connectivity index (χ2n) is 4.76. The first-order valence-corrected chi connectivity index (χ1v) is 6.30. The lowest BCUT2D eigenvalue weighted by Gasteiger charge is -2.28. The normalized spacial score (nSPS) is 17.1. The van der Waals surface area contributed by atoms with Gasteiger partial charge in [-0.1, -0.05) is 13.3 Å². The summed E-state index contributed by atoms with van der Waals surface area (Å²) in [5.74, 6) is -0.769. The van der Waals surface area contributed by atoms with E-state index in [4.69, 9.17) is 5.11 Å². The van der Waals surface area contributed by atoms with Crippen LogP contribution in [0.15, 0.2) is 0 Å². The fraction of sp³-hybridized carbons (Fsp3) is 0.833. The van der Waals surface area contributed by atoms with Gasteiger partial charge in [0.15, 0.2) is 0 Å². The highest BCUT2D eigenvalue weighted by molar-refractivity contribution is 5.75. The molecule has 17 heavy (non-hydrogen) atoms. The van der Waals surface area contributed by atoms with Crippen LogP contribution in [0.2, 0.25) is 0 Å². The minimum atomic E-state index is -0.866. The Kier molecular flexibility index (Phi) is 5.25. The van der Waals surface area contributed by atoms with Gasteiger partial charge in [0.25, 0.3) is 0 Å². The lowest BCUT2D eigenvalue weighted by molar-refractivity contribution is -0.141. The second kappa shape index (κ2) is 6.47. The quantitative estimate of drug-likeness (QED) is 0.742. The van der Waals surface area contributed by atoms with Crippen molar-refractivity contribution in [2.75, 3.05) is 19.6 Å². The van der Waals surface area contributed by atoms with Crippen molar-refractivity contribution < 1.29 is 14.7 Å². The molecule has 98 valence electrons. The molecule has 0 aliphatic heterocycles. The number of carboxylic acid groups (broad SMARTS) is 1. The average molecular weight is 242 g/mol. The van der Waals surface area contributed by atoms with Crippen LogP contribution >= 0.6 is 0 Å². The van der Waals surface area contributed by atoms with Crippen LogP contribution in [0.25, 0.3) is 0 Å². The van der Waals surface area contributed by atoms with Crippen molar-refractivity contribution in [2.24, 2.45) is 11.8 Å². The zero-order valence-corrected chi connectivity index (χ0v) is 10.6. The monoisotopic (exact) mass is 242 g/mol. The van der Waals surface area contributed by atoms with Crippen molar-refractivity contribution in [3.8, 4) is 0 Å². The van der Waals surface area contributed by atoms with E-state index in [2.05, 4.69) is 5.32 Å². The van der Waals surface area contributed by atoms with Gasteiger partial charge in [-0.3, -0.25) is 4.79 Å². The fourth-order valence-corrected chi connectivity index (χ4v) is 1.80. The summed E-state index contributed by atoms with van der Waals surface area (Å²) in [6, 6.07) is -0.146. The molecule has 1 fully saturated rings. The summed E-state index contributed by atoms with van der Waals surface area (Å²) in [4.78, 5) is 24.1. The Labute approximate surface area is 102 Å². The third-order valence-electron chi connectivity index (χ3n) is 3.35. The zero-order valence-electron chi connectivity index (χ0n) is 10.6. The van der Waals surface area contributed by atoms with Crippen LogP contribution in [0.4, 0.5) is 4.79 Å². The molecule has 1 unspecified atom stereocenters. The highest BCUT2D eigenvalue weighted by atomic mass is 16.4. The summed E-state index contributed by atoms with van der Waals surface area (Å²) < 4.78 is 0. The predicted octanol–water partition coefficient (Wildman–Crippen LogP) is 1.54. The largest absolute Gasteiger partial charge is 0.481 e. The Hall–Kier alpha value is -1.26. The van der Waals surface area contributed by atoms with E-state index in [0.717, 1.165) is 6.54 Å². The van der Waals surface area contributed by atoms with Gasteiger partial charge in [-0.05, 0) is 25.7 Å². The Balaban J connectivity index is 2.31. The van der Waals surface area contributed by atoms with E-state index < -0.39 is 11.9 Å². The molecule has 5 heteroatoms. The van der Waals surface area contributed by atoms with Crippen LogP contribution in [0.5, 0.6) is 0 Å². The van der Waals surface area contributed by atoms with Crippen LogP contribution in [-0.2, 0) is 4.79 Å². The predicted molar refractivity (Wildman–Crippen MR) is 64.8 cm³/mol. The molecule has 2 amide bonds. The third-order valence-corrected chi connectivity index (χ3v) is 3.35. The zero-order chi connectivity index (χ0) is 12.8. The molecule has 0 aromatic heterocycles. The van der Waals surface area contributed by atoms with E-state index in [1.165, 1.54) is 19.3 Å². The van der Waals surface area contributed by atoms with Crippen LogP contribution in [0.3, 0.4) is 0 Å². The number of hydrogen-bond donors (Lipinski definition) is 2. The molecular weight excluding hydrogens is 220 g/mol. The maximum atomic E-state index is 11.8.